The fourth-order valence-electron chi connectivity index (χ4n) is 1.73. The molecule has 1 saturated carbocycles. The van der Waals surface area contributed by atoms with Crippen LogP contribution in [0, 0.1) is 0 Å². The second kappa shape index (κ2) is 3.00. The lowest BCUT2D eigenvalue weighted by Gasteiger charge is -2.10. The van der Waals surface area contributed by atoms with Crippen LogP contribution in [0.25, 0.3) is 0 Å². The maximum absolute atomic E-state index is 11.5. The Morgan fingerprint density at radius 1 is 1.58 bits per heavy atom. The van der Waals surface area contributed by atoms with Crippen molar-refractivity contribution in [3.05, 3.63) is 0 Å². The van der Waals surface area contributed by atoms with Crippen LogP contribution in [0.15, 0.2) is 0 Å². The number of halogens is 1. The first-order valence-electron chi connectivity index (χ1n) is 4.66. The first-order valence-corrected chi connectivity index (χ1v) is 5.04. The zero-order chi connectivity index (χ0) is 8.60. The molecule has 3 heteroatoms. The van der Waals surface area contributed by atoms with E-state index in [1.807, 2.05) is 0 Å². The molecule has 1 aliphatic carbocycles. The minimum atomic E-state index is -0.440. The number of ketones is 1. The Balaban J connectivity index is 1.82. The van der Waals surface area contributed by atoms with Gasteiger partial charge < -0.3 is 5.32 Å². The maximum atomic E-state index is 11.5. The van der Waals surface area contributed by atoms with Gasteiger partial charge in [0.2, 0.25) is 0 Å². The van der Waals surface area contributed by atoms with E-state index in [0.717, 1.165) is 25.8 Å². The number of alkyl halides is 1. The molecule has 0 radical (unpaired) electrons. The van der Waals surface area contributed by atoms with Crippen LogP contribution in [0.3, 0.4) is 0 Å². The molecule has 0 bridgehead atoms. The van der Waals surface area contributed by atoms with Crippen molar-refractivity contribution in [1.82, 2.24) is 5.32 Å². The molecule has 12 heavy (non-hydrogen) atoms. The van der Waals surface area contributed by atoms with Gasteiger partial charge in [-0.1, -0.05) is 0 Å². The highest BCUT2D eigenvalue weighted by Gasteiger charge is 2.47. The van der Waals surface area contributed by atoms with Crippen molar-refractivity contribution in [3.8, 4) is 0 Å². The van der Waals surface area contributed by atoms with E-state index in [1.165, 1.54) is 6.42 Å². The van der Waals surface area contributed by atoms with Crippen LogP contribution in [-0.4, -0.2) is 23.2 Å². The number of carbonyl (C=O) groups excluding carboxylic acids is 1. The lowest BCUT2D eigenvalue weighted by molar-refractivity contribution is -0.119. The summed E-state index contributed by atoms with van der Waals surface area (Å²) in [5.74, 6) is 0.253. The van der Waals surface area contributed by atoms with Crippen LogP contribution in [0.2, 0.25) is 0 Å². The van der Waals surface area contributed by atoms with Gasteiger partial charge >= 0.3 is 0 Å². The largest absolute Gasteiger partial charge is 0.314 e. The third-order valence-corrected chi connectivity index (χ3v) is 3.37. The van der Waals surface area contributed by atoms with Crippen LogP contribution in [0.5, 0.6) is 0 Å². The molecular formula is C9H14ClNO. The Kier molecular flexibility index (Phi) is 2.13. The molecule has 2 fully saturated rings. The van der Waals surface area contributed by atoms with E-state index in [4.69, 9.17) is 11.6 Å². The summed E-state index contributed by atoms with van der Waals surface area (Å²) in [6.07, 6.45) is 4.76. The van der Waals surface area contributed by atoms with Gasteiger partial charge in [-0.05, 0) is 32.2 Å². The summed E-state index contributed by atoms with van der Waals surface area (Å²) in [5, 5.41) is 3.31. The summed E-state index contributed by atoms with van der Waals surface area (Å²) in [7, 11) is 0. The molecule has 1 unspecified atom stereocenters. The third-order valence-electron chi connectivity index (χ3n) is 2.78. The number of carbonyl (C=O) groups is 1. The quantitative estimate of drug-likeness (QED) is 0.678. The molecule has 1 atom stereocenters. The topological polar surface area (TPSA) is 29.1 Å². The highest BCUT2D eigenvalue weighted by Crippen LogP contribution is 2.44. The molecule has 68 valence electrons. The van der Waals surface area contributed by atoms with E-state index in [-0.39, 0.29) is 5.78 Å². The SMILES string of the molecule is O=C(CC1CCCN1)C1(Cl)CC1. The number of rotatable bonds is 3. The molecule has 2 aliphatic rings. The molecule has 0 aromatic rings. The molecular weight excluding hydrogens is 174 g/mol. The van der Waals surface area contributed by atoms with Crippen molar-refractivity contribution in [2.45, 2.75) is 43.0 Å². The van der Waals surface area contributed by atoms with E-state index in [2.05, 4.69) is 5.32 Å². The highest BCUT2D eigenvalue weighted by atomic mass is 35.5. The Bertz CT molecular complexity index is 195. The normalized spacial score (nSPS) is 31.9. The van der Waals surface area contributed by atoms with Crippen molar-refractivity contribution in [2.75, 3.05) is 6.54 Å². The van der Waals surface area contributed by atoms with Crippen molar-refractivity contribution < 1.29 is 4.79 Å². The second-order valence-electron chi connectivity index (χ2n) is 3.89. The van der Waals surface area contributed by atoms with Crippen LogP contribution in [0.1, 0.15) is 32.1 Å². The lowest BCUT2D eigenvalue weighted by atomic mass is 10.1. The minimum Gasteiger partial charge on any atom is -0.314 e. The van der Waals surface area contributed by atoms with E-state index in [9.17, 15) is 4.79 Å². The Labute approximate surface area is 77.7 Å². The third kappa shape index (κ3) is 1.64. The molecule has 1 heterocycles. The molecule has 2 rings (SSSR count). The van der Waals surface area contributed by atoms with Gasteiger partial charge in [-0.15, -0.1) is 11.6 Å². The first-order chi connectivity index (χ1) is 5.71. The fourth-order valence-corrected chi connectivity index (χ4v) is 1.90. The molecule has 1 aliphatic heterocycles. The van der Waals surface area contributed by atoms with Gasteiger partial charge in [0.1, 0.15) is 4.87 Å². The van der Waals surface area contributed by atoms with Gasteiger partial charge in [0.15, 0.2) is 5.78 Å². The van der Waals surface area contributed by atoms with Crippen LogP contribution in [0.4, 0.5) is 0 Å². The fraction of sp³-hybridized carbons (Fsp3) is 0.889. The summed E-state index contributed by atoms with van der Waals surface area (Å²) in [4.78, 5) is 11.1. The van der Waals surface area contributed by atoms with Crippen molar-refractivity contribution in [3.63, 3.8) is 0 Å². The van der Waals surface area contributed by atoms with Crippen molar-refractivity contribution >= 4 is 17.4 Å². The Morgan fingerprint density at radius 2 is 2.33 bits per heavy atom. The van der Waals surface area contributed by atoms with Crippen molar-refractivity contribution in [1.29, 1.82) is 0 Å². The molecule has 0 aromatic carbocycles. The van der Waals surface area contributed by atoms with Gasteiger partial charge in [0, 0.05) is 12.5 Å². The van der Waals surface area contributed by atoms with Crippen molar-refractivity contribution in [2.24, 2.45) is 0 Å². The molecule has 1 saturated heterocycles. The zero-order valence-corrected chi connectivity index (χ0v) is 7.86. The summed E-state index contributed by atoms with van der Waals surface area (Å²) in [5.41, 5.74) is 0. The Morgan fingerprint density at radius 3 is 2.83 bits per heavy atom. The van der Waals surface area contributed by atoms with Gasteiger partial charge in [0.05, 0.1) is 0 Å². The zero-order valence-electron chi connectivity index (χ0n) is 7.11. The lowest BCUT2D eigenvalue weighted by Crippen LogP contribution is -2.28. The average Bonchev–Trinajstić information content (AvgIpc) is 2.63. The number of Topliss-reactive ketones (excluding diaryl/α,β-unsaturated/α-hetero) is 1. The second-order valence-corrected chi connectivity index (χ2v) is 4.61. The maximum Gasteiger partial charge on any atom is 0.155 e. The predicted molar refractivity (Wildman–Crippen MR) is 48.5 cm³/mol. The standard InChI is InChI=1S/C9H14ClNO/c10-9(3-4-9)8(12)6-7-2-1-5-11-7/h7,11H,1-6H2. The summed E-state index contributed by atoms with van der Waals surface area (Å²) >= 11 is 6.00. The van der Waals surface area contributed by atoms with Gasteiger partial charge in [-0.3, -0.25) is 4.79 Å². The Hall–Kier alpha value is -0.0800. The van der Waals surface area contributed by atoms with Crippen LogP contribution >= 0.6 is 11.6 Å². The summed E-state index contributed by atoms with van der Waals surface area (Å²) in [6, 6.07) is 0.411. The predicted octanol–water partition coefficient (Wildman–Crippen LogP) is 1.47. The molecule has 1 N–H and O–H groups in total. The number of nitrogens with one attached hydrogen (secondary N) is 1. The number of hydrogen-bond donors (Lipinski definition) is 1. The molecule has 2 nitrogen and oxygen atoms in total. The van der Waals surface area contributed by atoms with E-state index >= 15 is 0 Å². The summed E-state index contributed by atoms with van der Waals surface area (Å²) in [6.45, 7) is 1.06. The van der Waals surface area contributed by atoms with E-state index in [1.54, 1.807) is 0 Å². The van der Waals surface area contributed by atoms with Gasteiger partial charge in [0.25, 0.3) is 0 Å². The van der Waals surface area contributed by atoms with E-state index in [0.29, 0.717) is 12.5 Å². The van der Waals surface area contributed by atoms with Gasteiger partial charge in [-0.25, -0.2) is 0 Å². The molecule has 0 amide bonds. The van der Waals surface area contributed by atoms with Gasteiger partial charge in [-0.2, -0.15) is 0 Å². The number of hydrogen-bond acceptors (Lipinski definition) is 2. The minimum absolute atomic E-state index is 0.253. The van der Waals surface area contributed by atoms with Crippen LogP contribution in [-0.2, 0) is 4.79 Å². The highest BCUT2D eigenvalue weighted by molar-refractivity contribution is 6.37. The molecule has 0 spiro atoms. The summed E-state index contributed by atoms with van der Waals surface area (Å²) < 4.78 is 0. The average molecular weight is 188 g/mol. The van der Waals surface area contributed by atoms with E-state index < -0.39 is 4.87 Å². The molecule has 0 aromatic heterocycles. The monoisotopic (exact) mass is 187 g/mol. The first kappa shape index (κ1) is 8.52. The smallest absolute Gasteiger partial charge is 0.155 e. The van der Waals surface area contributed by atoms with Crippen LogP contribution < -0.4 is 5.32 Å².